The molecular formula is C15H21NO3. The van der Waals surface area contributed by atoms with Crippen LogP contribution in [-0.4, -0.2) is 24.7 Å². The molecule has 2 unspecified atom stereocenters. The van der Waals surface area contributed by atoms with Gasteiger partial charge in [0.1, 0.15) is 17.4 Å². The lowest BCUT2D eigenvalue weighted by Crippen LogP contribution is -2.53. The molecule has 1 saturated carbocycles. The molecule has 4 heteroatoms. The minimum atomic E-state index is -0.900. The molecule has 1 aliphatic rings. The molecule has 2 atom stereocenters. The van der Waals surface area contributed by atoms with E-state index in [4.69, 9.17) is 15.2 Å². The largest absolute Gasteiger partial charge is 0.490 e. The van der Waals surface area contributed by atoms with Crippen LogP contribution in [0.2, 0.25) is 0 Å². The predicted molar refractivity (Wildman–Crippen MR) is 73.0 cm³/mol. The summed E-state index contributed by atoms with van der Waals surface area (Å²) in [7, 11) is 1.38. The van der Waals surface area contributed by atoms with Gasteiger partial charge in [0.05, 0.1) is 7.11 Å². The highest BCUT2D eigenvalue weighted by molar-refractivity contribution is 5.80. The van der Waals surface area contributed by atoms with Gasteiger partial charge in [-0.25, -0.2) is 0 Å². The van der Waals surface area contributed by atoms with E-state index in [-0.39, 0.29) is 12.1 Å². The highest BCUT2D eigenvalue weighted by Crippen LogP contribution is 2.30. The molecule has 1 aliphatic carbocycles. The Hall–Kier alpha value is -1.55. The molecule has 1 aromatic rings. The second-order valence-electron chi connectivity index (χ2n) is 5.30. The van der Waals surface area contributed by atoms with E-state index in [0.717, 1.165) is 18.6 Å². The molecule has 19 heavy (non-hydrogen) atoms. The van der Waals surface area contributed by atoms with Crippen molar-refractivity contribution in [3.05, 3.63) is 29.8 Å². The van der Waals surface area contributed by atoms with Crippen LogP contribution in [0.5, 0.6) is 5.75 Å². The lowest BCUT2D eigenvalue weighted by Gasteiger charge is -2.35. The average Bonchev–Trinajstić information content (AvgIpc) is 2.40. The second kappa shape index (κ2) is 5.61. The van der Waals surface area contributed by atoms with Crippen molar-refractivity contribution in [3.63, 3.8) is 0 Å². The van der Waals surface area contributed by atoms with Crippen molar-refractivity contribution in [2.75, 3.05) is 7.11 Å². The number of benzene rings is 1. The lowest BCUT2D eigenvalue weighted by molar-refractivity contribution is -0.149. The van der Waals surface area contributed by atoms with Gasteiger partial charge in [0.25, 0.3) is 0 Å². The molecule has 1 fully saturated rings. The monoisotopic (exact) mass is 263 g/mol. The lowest BCUT2D eigenvalue weighted by atomic mass is 9.81. The van der Waals surface area contributed by atoms with Crippen LogP contribution in [0.3, 0.4) is 0 Å². The van der Waals surface area contributed by atoms with Crippen LogP contribution in [0.4, 0.5) is 0 Å². The van der Waals surface area contributed by atoms with Gasteiger partial charge in [-0.15, -0.1) is 0 Å². The summed E-state index contributed by atoms with van der Waals surface area (Å²) in [4.78, 5) is 11.7. The number of methoxy groups -OCH3 is 1. The molecule has 2 N–H and O–H groups in total. The maximum Gasteiger partial charge on any atom is 0.325 e. The molecule has 4 nitrogen and oxygen atoms in total. The van der Waals surface area contributed by atoms with Crippen molar-refractivity contribution in [1.29, 1.82) is 0 Å². The summed E-state index contributed by atoms with van der Waals surface area (Å²) in [6.45, 7) is 2.03. The van der Waals surface area contributed by atoms with Gasteiger partial charge < -0.3 is 15.2 Å². The number of hydrogen-bond donors (Lipinski definition) is 1. The Kier molecular flexibility index (Phi) is 4.10. The van der Waals surface area contributed by atoms with Gasteiger partial charge in [0.15, 0.2) is 0 Å². The normalized spacial score (nSPS) is 26.8. The molecular weight excluding hydrogens is 242 g/mol. The number of ether oxygens (including phenoxy) is 2. The third kappa shape index (κ3) is 3.26. The van der Waals surface area contributed by atoms with Gasteiger partial charge in [-0.05, 0) is 38.3 Å². The summed E-state index contributed by atoms with van der Waals surface area (Å²) < 4.78 is 10.7. The van der Waals surface area contributed by atoms with Gasteiger partial charge in [0.2, 0.25) is 0 Å². The smallest absolute Gasteiger partial charge is 0.325 e. The van der Waals surface area contributed by atoms with E-state index in [9.17, 15) is 4.79 Å². The first-order valence-corrected chi connectivity index (χ1v) is 6.64. The zero-order valence-corrected chi connectivity index (χ0v) is 11.5. The minimum absolute atomic E-state index is 0.0273. The van der Waals surface area contributed by atoms with E-state index in [1.165, 1.54) is 12.7 Å². The molecule has 0 aromatic heterocycles. The maximum absolute atomic E-state index is 11.7. The van der Waals surface area contributed by atoms with Crippen LogP contribution in [0.1, 0.15) is 31.2 Å². The van der Waals surface area contributed by atoms with Crippen molar-refractivity contribution in [3.8, 4) is 5.75 Å². The third-order valence-corrected chi connectivity index (χ3v) is 3.66. The molecule has 0 amide bonds. The molecule has 0 heterocycles. The first-order valence-electron chi connectivity index (χ1n) is 6.64. The number of rotatable bonds is 3. The molecule has 0 bridgehead atoms. The Balaban J connectivity index is 2.01. The summed E-state index contributed by atoms with van der Waals surface area (Å²) in [6.07, 6.45) is 2.94. The number of aryl methyl sites for hydroxylation is 1. The van der Waals surface area contributed by atoms with Crippen molar-refractivity contribution < 1.29 is 14.3 Å². The molecule has 0 spiro atoms. The van der Waals surface area contributed by atoms with Crippen molar-refractivity contribution in [2.45, 2.75) is 44.2 Å². The zero-order chi connectivity index (χ0) is 13.9. The van der Waals surface area contributed by atoms with Crippen LogP contribution in [0.15, 0.2) is 24.3 Å². The fraction of sp³-hybridized carbons (Fsp3) is 0.533. The summed E-state index contributed by atoms with van der Waals surface area (Å²) in [6, 6.07) is 7.91. The van der Waals surface area contributed by atoms with Crippen molar-refractivity contribution >= 4 is 5.97 Å². The van der Waals surface area contributed by atoms with Crippen LogP contribution in [0, 0.1) is 6.92 Å². The van der Waals surface area contributed by atoms with E-state index in [0.29, 0.717) is 12.8 Å². The molecule has 0 saturated heterocycles. The summed E-state index contributed by atoms with van der Waals surface area (Å²) in [5, 5.41) is 0. The van der Waals surface area contributed by atoms with Gasteiger partial charge in [-0.1, -0.05) is 17.7 Å². The molecule has 0 aliphatic heterocycles. The minimum Gasteiger partial charge on any atom is -0.490 e. The standard InChI is InChI=1S/C15H21NO3/c1-11-5-7-12(8-6-11)19-13-4-3-9-15(16,10-13)14(17)18-2/h5-8,13H,3-4,9-10,16H2,1-2H3. The SMILES string of the molecule is COC(=O)C1(N)CCCC(Oc2ccc(C)cc2)C1. The van der Waals surface area contributed by atoms with Crippen LogP contribution >= 0.6 is 0 Å². The molecule has 0 radical (unpaired) electrons. The fourth-order valence-corrected chi connectivity index (χ4v) is 2.55. The average molecular weight is 263 g/mol. The number of hydrogen-bond acceptors (Lipinski definition) is 4. The van der Waals surface area contributed by atoms with Gasteiger partial charge >= 0.3 is 5.97 Å². The van der Waals surface area contributed by atoms with E-state index >= 15 is 0 Å². The second-order valence-corrected chi connectivity index (χ2v) is 5.30. The first-order chi connectivity index (χ1) is 9.03. The van der Waals surface area contributed by atoms with Gasteiger partial charge in [-0.3, -0.25) is 4.79 Å². The van der Waals surface area contributed by atoms with E-state index in [1.54, 1.807) is 0 Å². The Morgan fingerprint density at radius 2 is 2.05 bits per heavy atom. The van der Waals surface area contributed by atoms with Gasteiger partial charge in [0, 0.05) is 6.42 Å². The maximum atomic E-state index is 11.7. The van der Waals surface area contributed by atoms with E-state index in [2.05, 4.69) is 0 Å². The highest BCUT2D eigenvalue weighted by atomic mass is 16.5. The number of carbonyl (C=O) groups is 1. The topological polar surface area (TPSA) is 61.5 Å². The Bertz CT molecular complexity index is 443. The van der Waals surface area contributed by atoms with Crippen LogP contribution in [-0.2, 0) is 9.53 Å². The van der Waals surface area contributed by atoms with Crippen LogP contribution in [0.25, 0.3) is 0 Å². The number of carbonyl (C=O) groups excluding carboxylic acids is 1. The fourth-order valence-electron chi connectivity index (χ4n) is 2.55. The van der Waals surface area contributed by atoms with E-state index in [1.807, 2.05) is 31.2 Å². The van der Waals surface area contributed by atoms with Crippen LogP contribution < -0.4 is 10.5 Å². The number of esters is 1. The summed E-state index contributed by atoms with van der Waals surface area (Å²) in [5.41, 5.74) is 6.42. The van der Waals surface area contributed by atoms with E-state index < -0.39 is 5.54 Å². The Morgan fingerprint density at radius 3 is 2.68 bits per heavy atom. The Morgan fingerprint density at radius 1 is 1.37 bits per heavy atom. The quantitative estimate of drug-likeness (QED) is 0.849. The summed E-state index contributed by atoms with van der Waals surface area (Å²) in [5.74, 6) is 0.481. The molecule has 1 aromatic carbocycles. The van der Waals surface area contributed by atoms with Crippen molar-refractivity contribution in [1.82, 2.24) is 0 Å². The zero-order valence-electron chi connectivity index (χ0n) is 11.5. The number of nitrogens with two attached hydrogens (primary N) is 1. The Labute approximate surface area is 113 Å². The molecule has 2 rings (SSSR count). The molecule has 104 valence electrons. The van der Waals surface area contributed by atoms with Crippen molar-refractivity contribution in [2.24, 2.45) is 5.73 Å². The highest BCUT2D eigenvalue weighted by Gasteiger charge is 2.41. The predicted octanol–water partition coefficient (Wildman–Crippen LogP) is 2.19. The first kappa shape index (κ1) is 13.9. The summed E-state index contributed by atoms with van der Waals surface area (Å²) >= 11 is 0. The third-order valence-electron chi connectivity index (χ3n) is 3.66. The van der Waals surface area contributed by atoms with Gasteiger partial charge in [-0.2, -0.15) is 0 Å².